The number of carbonyl (C=O) groups is 1. The Morgan fingerprint density at radius 3 is 2.28 bits per heavy atom. The second-order valence-electron chi connectivity index (χ2n) is 7.13. The molecular formula is C21H30F2O2. The zero-order valence-electron chi connectivity index (χ0n) is 15.4. The van der Waals surface area contributed by atoms with Gasteiger partial charge in [0.05, 0.1) is 6.61 Å². The zero-order valence-corrected chi connectivity index (χ0v) is 15.4. The lowest BCUT2D eigenvalue weighted by molar-refractivity contribution is -0.173. The molecule has 1 aromatic rings. The van der Waals surface area contributed by atoms with E-state index in [1.54, 1.807) is 12.1 Å². The summed E-state index contributed by atoms with van der Waals surface area (Å²) in [7, 11) is 0. The molecule has 0 spiro atoms. The van der Waals surface area contributed by atoms with Crippen molar-refractivity contribution in [2.75, 3.05) is 6.61 Å². The van der Waals surface area contributed by atoms with Gasteiger partial charge in [-0.1, -0.05) is 56.9 Å². The minimum absolute atomic E-state index is 0.0476. The van der Waals surface area contributed by atoms with E-state index in [9.17, 15) is 13.6 Å². The van der Waals surface area contributed by atoms with Gasteiger partial charge < -0.3 is 4.74 Å². The molecule has 0 atom stereocenters. The first kappa shape index (κ1) is 19.9. The summed E-state index contributed by atoms with van der Waals surface area (Å²) in [5.74, 6) is -3.77. The van der Waals surface area contributed by atoms with E-state index in [4.69, 9.17) is 0 Å². The first-order chi connectivity index (χ1) is 12.0. The van der Waals surface area contributed by atoms with Crippen molar-refractivity contribution in [2.45, 2.75) is 77.1 Å². The predicted octanol–water partition coefficient (Wildman–Crippen LogP) is 6.20. The number of hydrogen-bond donors (Lipinski definition) is 0. The van der Waals surface area contributed by atoms with E-state index in [2.05, 4.69) is 11.7 Å². The molecule has 0 N–H and O–H groups in total. The van der Waals surface area contributed by atoms with Gasteiger partial charge in [0.1, 0.15) is 0 Å². The van der Waals surface area contributed by atoms with Crippen LogP contribution in [0.4, 0.5) is 8.78 Å². The van der Waals surface area contributed by atoms with E-state index in [1.807, 2.05) is 0 Å². The lowest BCUT2D eigenvalue weighted by Crippen LogP contribution is -2.28. The van der Waals surface area contributed by atoms with Gasteiger partial charge in [-0.2, -0.15) is 8.78 Å². The summed E-state index contributed by atoms with van der Waals surface area (Å²) < 4.78 is 32.5. The molecule has 0 aliphatic heterocycles. The van der Waals surface area contributed by atoms with Crippen LogP contribution < -0.4 is 0 Å². The zero-order chi connectivity index (χ0) is 18.3. The number of rotatable bonds is 8. The molecule has 0 amide bonds. The summed E-state index contributed by atoms with van der Waals surface area (Å²) in [6, 6.07) is 6.26. The summed E-state index contributed by atoms with van der Waals surface area (Å²) in [5.41, 5.74) is 0.818. The van der Waals surface area contributed by atoms with E-state index in [-0.39, 0.29) is 12.2 Å². The number of alkyl halides is 2. The van der Waals surface area contributed by atoms with Crippen molar-refractivity contribution < 1.29 is 18.3 Å². The monoisotopic (exact) mass is 352 g/mol. The first-order valence-corrected chi connectivity index (χ1v) is 9.64. The molecule has 0 saturated heterocycles. The van der Waals surface area contributed by atoms with E-state index in [1.165, 1.54) is 57.6 Å². The molecule has 0 aromatic heterocycles. The Balaban J connectivity index is 1.91. The van der Waals surface area contributed by atoms with Crippen molar-refractivity contribution in [3.05, 3.63) is 35.4 Å². The molecule has 0 unspecified atom stereocenters. The topological polar surface area (TPSA) is 26.3 Å². The summed E-state index contributed by atoms with van der Waals surface area (Å²) in [4.78, 5) is 11.4. The van der Waals surface area contributed by atoms with Gasteiger partial charge in [-0.15, -0.1) is 0 Å². The van der Waals surface area contributed by atoms with Crippen LogP contribution in [-0.4, -0.2) is 12.6 Å². The standard InChI is InChI=1S/C21H30F2O2/c1-3-5-6-7-16-8-10-17(11-9-16)18-12-14-19(15-13-18)21(22,23)20(24)25-4-2/h12-17H,3-11H2,1-2H3. The van der Waals surface area contributed by atoms with E-state index >= 15 is 0 Å². The van der Waals surface area contributed by atoms with Crippen molar-refractivity contribution in [3.8, 4) is 0 Å². The molecule has 140 valence electrons. The smallest absolute Gasteiger partial charge is 0.381 e. The van der Waals surface area contributed by atoms with Crippen LogP contribution in [0.2, 0.25) is 0 Å². The minimum atomic E-state index is -3.58. The minimum Gasteiger partial charge on any atom is -0.461 e. The lowest BCUT2D eigenvalue weighted by atomic mass is 9.77. The van der Waals surface area contributed by atoms with Crippen molar-refractivity contribution in [1.29, 1.82) is 0 Å². The van der Waals surface area contributed by atoms with Crippen LogP contribution in [0.5, 0.6) is 0 Å². The molecule has 4 heteroatoms. The Hall–Kier alpha value is -1.45. The number of hydrogen-bond acceptors (Lipinski definition) is 2. The quantitative estimate of drug-likeness (QED) is 0.411. The maximum Gasteiger partial charge on any atom is 0.381 e. The summed E-state index contributed by atoms with van der Waals surface area (Å²) in [6.45, 7) is 3.70. The van der Waals surface area contributed by atoms with Gasteiger partial charge in [0.25, 0.3) is 0 Å². The molecule has 0 radical (unpaired) electrons. The molecule has 0 heterocycles. The van der Waals surface area contributed by atoms with Crippen LogP contribution in [-0.2, 0) is 15.5 Å². The van der Waals surface area contributed by atoms with Crippen LogP contribution in [0.1, 0.15) is 82.3 Å². The van der Waals surface area contributed by atoms with Gasteiger partial charge in [-0.3, -0.25) is 0 Å². The van der Waals surface area contributed by atoms with Gasteiger partial charge in [0.15, 0.2) is 0 Å². The number of benzene rings is 1. The maximum atomic E-state index is 14.0. The van der Waals surface area contributed by atoms with Crippen LogP contribution in [0.3, 0.4) is 0 Å². The van der Waals surface area contributed by atoms with Crippen molar-refractivity contribution in [1.82, 2.24) is 0 Å². The van der Waals surface area contributed by atoms with E-state index < -0.39 is 11.9 Å². The molecule has 1 aliphatic carbocycles. The van der Waals surface area contributed by atoms with Crippen LogP contribution in [0.15, 0.2) is 24.3 Å². The summed E-state index contributed by atoms with van der Waals surface area (Å²) in [5, 5.41) is 0. The van der Waals surface area contributed by atoms with Gasteiger partial charge in [0.2, 0.25) is 0 Å². The Labute approximate surface area is 150 Å². The highest BCUT2D eigenvalue weighted by molar-refractivity contribution is 5.79. The average Bonchev–Trinajstić information content (AvgIpc) is 2.63. The molecule has 2 rings (SSSR count). The number of carbonyl (C=O) groups excluding carboxylic acids is 1. The van der Waals surface area contributed by atoms with Gasteiger partial charge in [0, 0.05) is 5.56 Å². The third kappa shape index (κ3) is 5.26. The van der Waals surface area contributed by atoms with Crippen molar-refractivity contribution in [2.24, 2.45) is 5.92 Å². The average molecular weight is 352 g/mol. The van der Waals surface area contributed by atoms with Crippen LogP contribution >= 0.6 is 0 Å². The van der Waals surface area contributed by atoms with Gasteiger partial charge >= 0.3 is 11.9 Å². The molecule has 2 nitrogen and oxygen atoms in total. The lowest BCUT2D eigenvalue weighted by Gasteiger charge is -2.29. The molecule has 25 heavy (non-hydrogen) atoms. The SMILES string of the molecule is CCCCCC1CCC(c2ccc(C(F)(F)C(=O)OCC)cc2)CC1. The Morgan fingerprint density at radius 1 is 1.08 bits per heavy atom. The Morgan fingerprint density at radius 2 is 1.72 bits per heavy atom. The van der Waals surface area contributed by atoms with Gasteiger partial charge in [-0.05, 0) is 50.0 Å². The predicted molar refractivity (Wildman–Crippen MR) is 95.8 cm³/mol. The highest BCUT2D eigenvalue weighted by Gasteiger charge is 2.42. The largest absolute Gasteiger partial charge is 0.461 e. The second-order valence-corrected chi connectivity index (χ2v) is 7.13. The van der Waals surface area contributed by atoms with Gasteiger partial charge in [-0.25, -0.2) is 4.79 Å². The molecule has 0 bridgehead atoms. The Bertz CT molecular complexity index is 531. The van der Waals surface area contributed by atoms with Crippen LogP contribution in [0, 0.1) is 5.92 Å². The van der Waals surface area contributed by atoms with E-state index in [0.717, 1.165) is 24.3 Å². The fraction of sp³-hybridized carbons (Fsp3) is 0.667. The highest BCUT2D eigenvalue weighted by atomic mass is 19.3. The molecular weight excluding hydrogens is 322 g/mol. The third-order valence-corrected chi connectivity index (χ3v) is 5.34. The molecule has 1 aromatic carbocycles. The maximum absolute atomic E-state index is 14.0. The number of unbranched alkanes of at least 4 members (excludes halogenated alkanes) is 2. The summed E-state index contributed by atoms with van der Waals surface area (Å²) >= 11 is 0. The molecule has 1 saturated carbocycles. The fourth-order valence-corrected chi connectivity index (χ4v) is 3.77. The molecule has 1 fully saturated rings. The van der Waals surface area contributed by atoms with Crippen molar-refractivity contribution >= 4 is 5.97 Å². The normalized spacial score (nSPS) is 21.1. The fourth-order valence-electron chi connectivity index (χ4n) is 3.77. The van der Waals surface area contributed by atoms with E-state index in [0.29, 0.717) is 5.92 Å². The Kier molecular flexibility index (Phi) is 7.39. The first-order valence-electron chi connectivity index (χ1n) is 9.64. The van der Waals surface area contributed by atoms with Crippen molar-refractivity contribution in [3.63, 3.8) is 0 Å². The number of esters is 1. The van der Waals surface area contributed by atoms with Crippen LogP contribution in [0.25, 0.3) is 0 Å². The number of halogens is 2. The third-order valence-electron chi connectivity index (χ3n) is 5.34. The summed E-state index contributed by atoms with van der Waals surface area (Å²) in [6.07, 6.45) is 9.95. The second kappa shape index (κ2) is 9.30. The molecule has 1 aliphatic rings. The number of ether oxygens (including phenoxy) is 1. The highest BCUT2D eigenvalue weighted by Crippen LogP contribution is 2.38.